The zero-order valence-corrected chi connectivity index (χ0v) is 15.4. The van der Waals surface area contributed by atoms with E-state index in [1.165, 1.54) is 7.11 Å². The number of aliphatic imine (C=N–C) groups is 1. The fourth-order valence-electron chi connectivity index (χ4n) is 3.98. The van der Waals surface area contributed by atoms with E-state index in [4.69, 9.17) is 9.47 Å². The summed E-state index contributed by atoms with van der Waals surface area (Å²) in [6.45, 7) is 1.81. The smallest absolute Gasteiger partial charge is 0.315 e. The van der Waals surface area contributed by atoms with Crippen LogP contribution in [-0.2, 0) is 9.53 Å². The Kier molecular flexibility index (Phi) is 4.15. The van der Waals surface area contributed by atoms with Crippen molar-refractivity contribution in [3.05, 3.63) is 70.8 Å². The van der Waals surface area contributed by atoms with E-state index in [2.05, 4.69) is 4.99 Å². The number of ether oxygens (including phenoxy) is 2. The second-order valence-corrected chi connectivity index (χ2v) is 6.65. The van der Waals surface area contributed by atoms with E-state index < -0.39 is 17.8 Å². The third kappa shape index (κ3) is 2.58. The summed E-state index contributed by atoms with van der Waals surface area (Å²) >= 11 is 0. The van der Waals surface area contributed by atoms with Gasteiger partial charge in [-0.05, 0) is 24.6 Å². The van der Waals surface area contributed by atoms with Gasteiger partial charge in [-0.3, -0.25) is 14.6 Å². The zero-order chi connectivity index (χ0) is 19.1. The average Bonchev–Trinajstić information content (AvgIpc) is 2.98. The van der Waals surface area contributed by atoms with Gasteiger partial charge in [0.05, 0.1) is 19.9 Å². The number of fused-ring (bicyclic) bond motifs is 2. The molecule has 2 atom stereocenters. The molecule has 0 N–H and O–H groups in total. The van der Waals surface area contributed by atoms with Crippen LogP contribution in [-0.4, -0.2) is 31.7 Å². The number of hydrogen-bond acceptors (Lipinski definition) is 5. The summed E-state index contributed by atoms with van der Waals surface area (Å²) in [7, 11) is 2.94. The summed E-state index contributed by atoms with van der Waals surface area (Å²) in [5.41, 5.74) is 4.10. The van der Waals surface area contributed by atoms with Crippen LogP contribution in [0.5, 0.6) is 5.75 Å². The van der Waals surface area contributed by atoms with Gasteiger partial charge in [0.15, 0.2) is 5.78 Å². The number of allylic oxidation sites excluding steroid dienone is 1. The van der Waals surface area contributed by atoms with Crippen LogP contribution in [0.1, 0.15) is 34.3 Å². The van der Waals surface area contributed by atoms with Crippen LogP contribution in [0.25, 0.3) is 5.70 Å². The van der Waals surface area contributed by atoms with Gasteiger partial charge in [-0.2, -0.15) is 0 Å². The van der Waals surface area contributed by atoms with E-state index in [1.807, 2.05) is 49.4 Å². The molecule has 0 fully saturated rings. The van der Waals surface area contributed by atoms with Crippen molar-refractivity contribution in [1.82, 2.24) is 0 Å². The van der Waals surface area contributed by atoms with Gasteiger partial charge >= 0.3 is 5.97 Å². The minimum absolute atomic E-state index is 0.0847. The number of esters is 1. The molecule has 0 spiro atoms. The van der Waals surface area contributed by atoms with Crippen LogP contribution < -0.4 is 4.74 Å². The van der Waals surface area contributed by atoms with E-state index in [1.54, 1.807) is 13.2 Å². The van der Waals surface area contributed by atoms with E-state index >= 15 is 0 Å². The normalized spacial score (nSPS) is 20.7. The summed E-state index contributed by atoms with van der Waals surface area (Å²) in [5.74, 6) is -0.946. The largest absolute Gasteiger partial charge is 0.497 e. The third-order valence-corrected chi connectivity index (χ3v) is 5.22. The summed E-state index contributed by atoms with van der Waals surface area (Å²) in [6.07, 6.45) is 0. The van der Waals surface area contributed by atoms with Crippen molar-refractivity contribution in [3.63, 3.8) is 0 Å². The number of benzene rings is 2. The first-order chi connectivity index (χ1) is 13.1. The number of rotatable bonds is 3. The van der Waals surface area contributed by atoms with Crippen molar-refractivity contribution in [2.24, 2.45) is 10.9 Å². The number of carbonyl (C=O) groups excluding carboxylic acids is 2. The molecule has 2 aliphatic rings. The molecule has 4 rings (SSSR count). The zero-order valence-electron chi connectivity index (χ0n) is 15.4. The Morgan fingerprint density at radius 2 is 1.78 bits per heavy atom. The first-order valence-electron chi connectivity index (χ1n) is 8.72. The molecule has 0 amide bonds. The Morgan fingerprint density at radius 3 is 2.48 bits per heavy atom. The van der Waals surface area contributed by atoms with Crippen LogP contribution in [0.15, 0.2) is 59.1 Å². The SMILES string of the molecule is COC(=O)C1C(C)=NC2=C(C(=O)c3ccccc32)[C@@H]1c1cccc(OC)c1. The molecule has 0 saturated heterocycles. The number of hydrogen-bond donors (Lipinski definition) is 0. The molecule has 1 aliphatic carbocycles. The molecule has 0 radical (unpaired) electrons. The fraction of sp³-hybridized carbons (Fsp3) is 0.227. The van der Waals surface area contributed by atoms with Crippen LogP contribution in [0.3, 0.4) is 0 Å². The van der Waals surface area contributed by atoms with Crippen LogP contribution in [0.2, 0.25) is 0 Å². The Bertz CT molecular complexity index is 1020. The quantitative estimate of drug-likeness (QED) is 0.783. The molecule has 0 saturated carbocycles. The Balaban J connectivity index is 1.95. The number of ketones is 1. The lowest BCUT2D eigenvalue weighted by Gasteiger charge is -2.30. The van der Waals surface area contributed by atoms with Crippen LogP contribution >= 0.6 is 0 Å². The van der Waals surface area contributed by atoms with E-state index in [-0.39, 0.29) is 5.78 Å². The minimum Gasteiger partial charge on any atom is -0.497 e. The fourth-order valence-corrected chi connectivity index (χ4v) is 3.98. The van der Waals surface area contributed by atoms with Gasteiger partial charge in [0, 0.05) is 28.3 Å². The Labute approximate surface area is 157 Å². The average molecular weight is 361 g/mol. The molecular formula is C22H19NO4. The monoisotopic (exact) mass is 361 g/mol. The predicted octanol–water partition coefficient (Wildman–Crippen LogP) is 3.65. The lowest BCUT2D eigenvalue weighted by molar-refractivity contribution is -0.143. The predicted molar refractivity (Wildman–Crippen MR) is 102 cm³/mol. The van der Waals surface area contributed by atoms with Gasteiger partial charge in [-0.25, -0.2) is 0 Å². The highest BCUT2D eigenvalue weighted by molar-refractivity contribution is 6.24. The lowest BCUT2D eigenvalue weighted by atomic mass is 9.75. The third-order valence-electron chi connectivity index (χ3n) is 5.22. The summed E-state index contributed by atoms with van der Waals surface area (Å²) in [5, 5.41) is 0. The maximum atomic E-state index is 13.2. The summed E-state index contributed by atoms with van der Waals surface area (Å²) in [4.78, 5) is 30.5. The van der Waals surface area contributed by atoms with Crippen molar-refractivity contribution < 1.29 is 19.1 Å². The molecule has 136 valence electrons. The highest BCUT2D eigenvalue weighted by atomic mass is 16.5. The van der Waals surface area contributed by atoms with Gasteiger partial charge < -0.3 is 9.47 Å². The Hall–Kier alpha value is -3.21. The summed E-state index contributed by atoms with van der Waals surface area (Å²) < 4.78 is 10.4. The van der Waals surface area contributed by atoms with Crippen molar-refractivity contribution in [2.75, 3.05) is 14.2 Å². The molecule has 1 aliphatic heterocycles. The second kappa shape index (κ2) is 6.50. The van der Waals surface area contributed by atoms with Crippen molar-refractivity contribution in [3.8, 4) is 5.75 Å². The van der Waals surface area contributed by atoms with Gasteiger partial charge in [-0.1, -0.05) is 36.4 Å². The maximum absolute atomic E-state index is 13.2. The lowest BCUT2D eigenvalue weighted by Crippen LogP contribution is -2.34. The molecule has 2 aromatic carbocycles. The van der Waals surface area contributed by atoms with Gasteiger partial charge in [0.2, 0.25) is 0 Å². The number of Topliss-reactive ketones (excluding diaryl/α,β-unsaturated/α-hetero) is 1. The topological polar surface area (TPSA) is 65.0 Å². The molecule has 0 aromatic heterocycles. The van der Waals surface area contributed by atoms with Gasteiger partial charge in [0.25, 0.3) is 0 Å². The number of carbonyl (C=O) groups is 2. The standard InChI is InChI=1S/C22H19NO4/c1-12-17(22(25)27-3)18(13-7-6-8-14(11-13)26-2)19-20(23-12)15-9-4-5-10-16(15)21(19)24/h4-11,17-18H,1-3H3/t17?,18-/m1/s1. The first kappa shape index (κ1) is 17.2. The molecule has 5 nitrogen and oxygen atoms in total. The molecule has 5 heteroatoms. The maximum Gasteiger partial charge on any atom is 0.315 e. The van der Waals surface area contributed by atoms with Crippen molar-refractivity contribution in [1.29, 1.82) is 0 Å². The highest BCUT2D eigenvalue weighted by Gasteiger charge is 2.45. The van der Waals surface area contributed by atoms with E-state index in [0.29, 0.717) is 28.3 Å². The highest BCUT2D eigenvalue weighted by Crippen LogP contribution is 2.48. The summed E-state index contributed by atoms with van der Waals surface area (Å²) in [6, 6.07) is 14.9. The number of nitrogens with zero attached hydrogens (tertiary/aromatic N) is 1. The van der Waals surface area contributed by atoms with Crippen LogP contribution in [0, 0.1) is 5.92 Å². The minimum atomic E-state index is -0.654. The molecule has 1 heterocycles. The van der Waals surface area contributed by atoms with E-state index in [0.717, 1.165) is 11.1 Å². The van der Waals surface area contributed by atoms with Crippen molar-refractivity contribution in [2.45, 2.75) is 12.8 Å². The van der Waals surface area contributed by atoms with Crippen LogP contribution in [0.4, 0.5) is 0 Å². The van der Waals surface area contributed by atoms with Gasteiger partial charge in [-0.15, -0.1) is 0 Å². The molecule has 2 aromatic rings. The van der Waals surface area contributed by atoms with Crippen molar-refractivity contribution >= 4 is 23.2 Å². The Morgan fingerprint density at radius 1 is 1.04 bits per heavy atom. The molecular weight excluding hydrogens is 342 g/mol. The van der Waals surface area contributed by atoms with E-state index in [9.17, 15) is 9.59 Å². The van der Waals surface area contributed by atoms with Gasteiger partial charge in [0.1, 0.15) is 11.7 Å². The molecule has 0 bridgehead atoms. The molecule has 27 heavy (non-hydrogen) atoms. The first-order valence-corrected chi connectivity index (χ1v) is 8.72. The second-order valence-electron chi connectivity index (χ2n) is 6.65. The number of methoxy groups -OCH3 is 2. The molecule has 1 unspecified atom stereocenters.